The van der Waals surface area contributed by atoms with Crippen LogP contribution in [-0.4, -0.2) is 45.9 Å². The number of rotatable bonds is 5. The third kappa shape index (κ3) is 3.90. The van der Waals surface area contributed by atoms with Gasteiger partial charge in [0.15, 0.2) is 11.5 Å². The molecule has 0 amide bonds. The maximum absolute atomic E-state index is 5.52. The monoisotopic (exact) mass is 399 g/mol. The van der Waals surface area contributed by atoms with Gasteiger partial charge in [-0.3, -0.25) is 4.98 Å². The lowest BCUT2D eigenvalue weighted by atomic mass is 10.2. The second-order valence-electron chi connectivity index (χ2n) is 7.00. The normalized spacial score (nSPS) is 14.6. The quantitative estimate of drug-likeness (QED) is 0.475. The Hall–Kier alpha value is -3.65. The molecule has 8 nitrogen and oxygen atoms in total. The van der Waals surface area contributed by atoms with Crippen molar-refractivity contribution in [1.29, 1.82) is 0 Å². The molecule has 3 aromatic heterocycles. The standard InChI is InChI=1S/C22H21N7O/c1-2-6-18(7-3-1)19-13-21-25-20(26-24-16-17-5-4-8-23-15-17)14-22(29(21)27-19)28-9-11-30-12-10-28/h1-8,13-15H,9-12,16H2. The van der Waals surface area contributed by atoms with Gasteiger partial charge in [0.1, 0.15) is 5.82 Å². The molecule has 5 rings (SSSR count). The molecule has 1 saturated heterocycles. The van der Waals surface area contributed by atoms with Crippen LogP contribution >= 0.6 is 0 Å². The first-order chi connectivity index (χ1) is 14.9. The minimum absolute atomic E-state index is 0.460. The molecule has 1 aromatic carbocycles. The first-order valence-corrected chi connectivity index (χ1v) is 9.92. The molecule has 30 heavy (non-hydrogen) atoms. The van der Waals surface area contributed by atoms with Crippen LogP contribution in [0.25, 0.3) is 16.9 Å². The third-order valence-electron chi connectivity index (χ3n) is 4.95. The summed E-state index contributed by atoms with van der Waals surface area (Å²) in [5.41, 5.74) is 3.68. The molecule has 0 unspecified atom stereocenters. The summed E-state index contributed by atoms with van der Waals surface area (Å²) in [4.78, 5) is 11.0. The van der Waals surface area contributed by atoms with Crippen LogP contribution in [0.3, 0.4) is 0 Å². The van der Waals surface area contributed by atoms with Crippen molar-refractivity contribution in [3.8, 4) is 11.3 Å². The van der Waals surface area contributed by atoms with Gasteiger partial charge in [0.2, 0.25) is 0 Å². The van der Waals surface area contributed by atoms with Gasteiger partial charge in [0.05, 0.1) is 25.5 Å². The number of azo groups is 1. The molecular formula is C22H21N7O. The van der Waals surface area contributed by atoms with Gasteiger partial charge in [-0.05, 0) is 11.6 Å². The average molecular weight is 399 g/mol. The molecule has 1 aliphatic rings. The van der Waals surface area contributed by atoms with Gasteiger partial charge in [0, 0.05) is 43.2 Å². The summed E-state index contributed by atoms with van der Waals surface area (Å²) in [7, 11) is 0. The SMILES string of the molecule is c1ccc(-c2cc3nc(N=NCc4cccnc4)cc(N4CCOCC4)n3n2)cc1. The molecule has 1 aliphatic heterocycles. The van der Waals surface area contributed by atoms with Gasteiger partial charge < -0.3 is 9.64 Å². The molecule has 0 aliphatic carbocycles. The van der Waals surface area contributed by atoms with E-state index >= 15 is 0 Å². The zero-order chi connectivity index (χ0) is 20.2. The number of anilines is 1. The van der Waals surface area contributed by atoms with Crippen molar-refractivity contribution in [2.24, 2.45) is 10.2 Å². The molecule has 150 valence electrons. The van der Waals surface area contributed by atoms with Crippen LogP contribution in [0.5, 0.6) is 0 Å². The van der Waals surface area contributed by atoms with Crippen molar-refractivity contribution >= 4 is 17.3 Å². The number of benzene rings is 1. The number of ether oxygens (including phenoxy) is 1. The minimum Gasteiger partial charge on any atom is -0.378 e. The van der Waals surface area contributed by atoms with E-state index in [0.717, 1.165) is 41.4 Å². The predicted molar refractivity (Wildman–Crippen MR) is 114 cm³/mol. The second kappa shape index (κ2) is 8.38. The Morgan fingerprint density at radius 3 is 2.67 bits per heavy atom. The van der Waals surface area contributed by atoms with Crippen molar-refractivity contribution in [2.75, 3.05) is 31.2 Å². The Morgan fingerprint density at radius 1 is 1.00 bits per heavy atom. The molecule has 0 spiro atoms. The first kappa shape index (κ1) is 18.4. The van der Waals surface area contributed by atoms with Crippen molar-refractivity contribution in [2.45, 2.75) is 6.54 Å². The number of hydrogen-bond acceptors (Lipinski definition) is 7. The number of morpholine rings is 1. The van der Waals surface area contributed by atoms with Crippen LogP contribution in [0.15, 0.2) is 77.2 Å². The Labute approximate surface area is 173 Å². The third-order valence-corrected chi connectivity index (χ3v) is 4.95. The van der Waals surface area contributed by atoms with Crippen LogP contribution in [0, 0.1) is 0 Å². The van der Waals surface area contributed by atoms with E-state index in [-0.39, 0.29) is 0 Å². The second-order valence-corrected chi connectivity index (χ2v) is 7.00. The minimum atomic E-state index is 0.460. The molecular weight excluding hydrogens is 378 g/mol. The molecule has 0 atom stereocenters. The van der Waals surface area contributed by atoms with Crippen LogP contribution in [0.2, 0.25) is 0 Å². The first-order valence-electron chi connectivity index (χ1n) is 9.92. The van der Waals surface area contributed by atoms with Gasteiger partial charge in [-0.1, -0.05) is 36.4 Å². The van der Waals surface area contributed by atoms with Crippen molar-refractivity contribution < 1.29 is 4.74 Å². The lowest BCUT2D eigenvalue weighted by Crippen LogP contribution is -2.37. The fraction of sp³-hybridized carbons (Fsp3) is 0.227. The molecule has 0 N–H and O–H groups in total. The Morgan fingerprint density at radius 2 is 1.87 bits per heavy atom. The Balaban J connectivity index is 1.52. The fourth-order valence-corrected chi connectivity index (χ4v) is 3.45. The summed E-state index contributed by atoms with van der Waals surface area (Å²) < 4.78 is 7.40. The highest BCUT2D eigenvalue weighted by atomic mass is 16.5. The fourth-order valence-electron chi connectivity index (χ4n) is 3.45. The Kier molecular flexibility index (Phi) is 5.14. The maximum Gasteiger partial charge on any atom is 0.179 e. The van der Waals surface area contributed by atoms with E-state index in [2.05, 4.69) is 25.1 Å². The summed E-state index contributed by atoms with van der Waals surface area (Å²) in [6.07, 6.45) is 3.53. The highest BCUT2D eigenvalue weighted by Gasteiger charge is 2.18. The van der Waals surface area contributed by atoms with Crippen molar-refractivity contribution in [3.05, 3.63) is 72.6 Å². The van der Waals surface area contributed by atoms with Crippen LogP contribution in [0.4, 0.5) is 11.6 Å². The van der Waals surface area contributed by atoms with Gasteiger partial charge in [-0.25, -0.2) is 4.98 Å². The summed E-state index contributed by atoms with van der Waals surface area (Å²) in [5, 5.41) is 13.5. The summed E-state index contributed by atoms with van der Waals surface area (Å²) in [6.45, 7) is 3.43. The number of pyridine rings is 1. The topological polar surface area (TPSA) is 80.3 Å². The molecule has 0 bridgehead atoms. The van der Waals surface area contributed by atoms with Gasteiger partial charge in [-0.15, -0.1) is 5.11 Å². The van der Waals surface area contributed by atoms with Crippen LogP contribution in [-0.2, 0) is 11.3 Å². The molecule has 1 fully saturated rings. The van der Waals surface area contributed by atoms with E-state index in [0.29, 0.717) is 25.6 Å². The van der Waals surface area contributed by atoms with E-state index in [1.54, 1.807) is 12.4 Å². The predicted octanol–water partition coefficient (Wildman–Crippen LogP) is 3.91. The largest absolute Gasteiger partial charge is 0.378 e. The zero-order valence-electron chi connectivity index (χ0n) is 16.4. The van der Waals surface area contributed by atoms with E-state index in [9.17, 15) is 0 Å². The summed E-state index contributed by atoms with van der Waals surface area (Å²) in [5.74, 6) is 1.51. The average Bonchev–Trinajstić information content (AvgIpc) is 3.25. The molecule has 4 heterocycles. The maximum atomic E-state index is 5.52. The summed E-state index contributed by atoms with van der Waals surface area (Å²) in [6, 6.07) is 17.9. The number of aromatic nitrogens is 4. The molecule has 0 saturated carbocycles. The lowest BCUT2D eigenvalue weighted by molar-refractivity contribution is 0.122. The highest BCUT2D eigenvalue weighted by molar-refractivity contribution is 5.67. The lowest BCUT2D eigenvalue weighted by Gasteiger charge is -2.28. The number of hydrogen-bond donors (Lipinski definition) is 0. The van der Waals surface area contributed by atoms with Gasteiger partial charge >= 0.3 is 0 Å². The molecule has 8 heteroatoms. The van der Waals surface area contributed by atoms with Crippen LogP contribution < -0.4 is 4.90 Å². The van der Waals surface area contributed by atoms with Crippen molar-refractivity contribution in [1.82, 2.24) is 19.6 Å². The smallest absolute Gasteiger partial charge is 0.179 e. The van der Waals surface area contributed by atoms with Gasteiger partial charge in [-0.2, -0.15) is 14.7 Å². The number of fused-ring (bicyclic) bond motifs is 1. The van der Waals surface area contributed by atoms with E-state index in [1.165, 1.54) is 0 Å². The van der Waals surface area contributed by atoms with E-state index in [1.807, 2.05) is 59.1 Å². The van der Waals surface area contributed by atoms with Crippen molar-refractivity contribution in [3.63, 3.8) is 0 Å². The highest BCUT2D eigenvalue weighted by Crippen LogP contribution is 2.27. The van der Waals surface area contributed by atoms with Gasteiger partial charge in [0.25, 0.3) is 0 Å². The zero-order valence-corrected chi connectivity index (χ0v) is 16.4. The van der Waals surface area contributed by atoms with E-state index < -0.39 is 0 Å². The summed E-state index contributed by atoms with van der Waals surface area (Å²) >= 11 is 0. The van der Waals surface area contributed by atoms with E-state index in [4.69, 9.17) is 9.84 Å². The van der Waals surface area contributed by atoms with Crippen LogP contribution in [0.1, 0.15) is 5.56 Å². The molecule has 4 aromatic rings. The molecule has 0 radical (unpaired) electrons. The Bertz CT molecular complexity index is 1150. The number of nitrogens with zero attached hydrogens (tertiary/aromatic N) is 7.